The van der Waals surface area contributed by atoms with Crippen LogP contribution in [0.1, 0.15) is 44.7 Å². The number of nitrogens with zero attached hydrogens (tertiary/aromatic N) is 3. The molecular formula is C24H39N5O3. The largest absolute Gasteiger partial charge is 0.450 e. The summed E-state index contributed by atoms with van der Waals surface area (Å²) < 4.78 is 10.8. The van der Waals surface area contributed by atoms with E-state index in [-0.39, 0.29) is 6.09 Å². The molecule has 0 aromatic heterocycles. The number of hydrogen-bond acceptors (Lipinski definition) is 5. The maximum absolute atomic E-state index is 11.9. The molecule has 178 valence electrons. The minimum absolute atomic E-state index is 0.210. The van der Waals surface area contributed by atoms with Crippen molar-refractivity contribution in [2.75, 3.05) is 45.9 Å². The molecule has 8 nitrogen and oxygen atoms in total. The number of aliphatic imine (C=N–C) groups is 1. The summed E-state index contributed by atoms with van der Waals surface area (Å²) in [5.74, 6) is 0.828. The number of carbonyl (C=O) groups is 1. The average molecular weight is 446 g/mol. The molecule has 0 spiro atoms. The fourth-order valence-electron chi connectivity index (χ4n) is 4.22. The van der Waals surface area contributed by atoms with Crippen LogP contribution in [0.2, 0.25) is 0 Å². The minimum Gasteiger partial charge on any atom is -0.450 e. The monoisotopic (exact) mass is 445 g/mol. The number of carbonyl (C=O) groups excluding carboxylic acids is 1. The number of hydrogen-bond donors (Lipinski definition) is 2. The number of ether oxygens (including phenoxy) is 2. The molecule has 0 aliphatic carbocycles. The quantitative estimate of drug-likeness (QED) is 0.496. The SMILES string of the molecule is CCNC(=NCc1cccc(CN2CCOC(C)C2)c1)NC1CCN(C(=O)OCC)CC1. The highest BCUT2D eigenvalue weighted by Crippen LogP contribution is 2.14. The zero-order valence-corrected chi connectivity index (χ0v) is 19.8. The normalized spacial score (nSPS) is 20.8. The van der Waals surface area contributed by atoms with Crippen molar-refractivity contribution in [3.8, 4) is 0 Å². The van der Waals surface area contributed by atoms with Crippen LogP contribution in [-0.2, 0) is 22.6 Å². The van der Waals surface area contributed by atoms with Gasteiger partial charge in [-0.25, -0.2) is 9.79 Å². The summed E-state index contributed by atoms with van der Waals surface area (Å²) in [5, 5.41) is 6.89. The van der Waals surface area contributed by atoms with Gasteiger partial charge in [0.1, 0.15) is 0 Å². The molecule has 2 aliphatic rings. The fraction of sp³-hybridized carbons (Fsp3) is 0.667. The van der Waals surface area contributed by atoms with E-state index in [1.165, 1.54) is 11.1 Å². The third kappa shape index (κ3) is 7.67. The summed E-state index contributed by atoms with van der Waals surface area (Å²) in [4.78, 5) is 20.9. The van der Waals surface area contributed by atoms with Crippen molar-refractivity contribution in [1.29, 1.82) is 0 Å². The van der Waals surface area contributed by atoms with E-state index < -0.39 is 0 Å². The van der Waals surface area contributed by atoms with Gasteiger partial charge in [0, 0.05) is 45.3 Å². The highest BCUT2D eigenvalue weighted by atomic mass is 16.6. The zero-order chi connectivity index (χ0) is 22.8. The number of rotatable bonds is 7. The number of likely N-dealkylation sites (tertiary alicyclic amines) is 1. The van der Waals surface area contributed by atoms with Crippen LogP contribution in [0, 0.1) is 0 Å². The van der Waals surface area contributed by atoms with Gasteiger partial charge in [0.05, 0.1) is 25.9 Å². The molecule has 2 saturated heterocycles. The second-order valence-corrected chi connectivity index (χ2v) is 8.54. The molecule has 1 amide bonds. The first-order valence-electron chi connectivity index (χ1n) is 12.0. The molecule has 3 rings (SSSR count). The first-order chi connectivity index (χ1) is 15.6. The third-order valence-electron chi connectivity index (χ3n) is 5.85. The van der Waals surface area contributed by atoms with Crippen LogP contribution in [-0.4, -0.2) is 79.9 Å². The molecule has 8 heteroatoms. The van der Waals surface area contributed by atoms with Crippen molar-refractivity contribution in [2.45, 2.75) is 58.8 Å². The van der Waals surface area contributed by atoms with Gasteiger partial charge in [0.15, 0.2) is 5.96 Å². The zero-order valence-electron chi connectivity index (χ0n) is 19.8. The van der Waals surface area contributed by atoms with Crippen LogP contribution in [0.25, 0.3) is 0 Å². The standard InChI is InChI=1S/C24H39N5O3/c1-4-25-23(27-22-9-11-29(12-10-22)24(30)31-5-2)26-16-20-7-6-8-21(15-20)18-28-13-14-32-19(3)17-28/h6-8,15,19,22H,4-5,9-14,16-18H2,1-3H3,(H2,25,26,27). The lowest BCUT2D eigenvalue weighted by Gasteiger charge is -2.32. The predicted octanol–water partition coefficient (Wildman–Crippen LogP) is 2.58. The number of piperidine rings is 1. The molecule has 2 heterocycles. The molecule has 0 bridgehead atoms. The molecule has 1 aromatic carbocycles. The molecule has 1 aromatic rings. The molecule has 2 aliphatic heterocycles. The summed E-state index contributed by atoms with van der Waals surface area (Å²) in [7, 11) is 0. The Morgan fingerprint density at radius 3 is 2.72 bits per heavy atom. The lowest BCUT2D eigenvalue weighted by Crippen LogP contribution is -2.49. The summed E-state index contributed by atoms with van der Waals surface area (Å²) in [5.41, 5.74) is 2.52. The van der Waals surface area contributed by atoms with Gasteiger partial charge in [-0.3, -0.25) is 4.90 Å². The van der Waals surface area contributed by atoms with Gasteiger partial charge in [-0.1, -0.05) is 24.3 Å². The minimum atomic E-state index is -0.210. The van der Waals surface area contributed by atoms with Crippen LogP contribution in [0.3, 0.4) is 0 Å². The Morgan fingerprint density at radius 1 is 1.22 bits per heavy atom. The second kappa shape index (κ2) is 12.6. The Kier molecular flexibility index (Phi) is 9.62. The molecule has 32 heavy (non-hydrogen) atoms. The van der Waals surface area contributed by atoms with E-state index in [0.29, 0.717) is 38.4 Å². The van der Waals surface area contributed by atoms with Crippen molar-refractivity contribution in [3.63, 3.8) is 0 Å². The highest BCUT2D eigenvalue weighted by molar-refractivity contribution is 5.80. The van der Waals surface area contributed by atoms with Gasteiger partial charge in [-0.15, -0.1) is 0 Å². The number of morpholine rings is 1. The topological polar surface area (TPSA) is 78.4 Å². The van der Waals surface area contributed by atoms with E-state index in [1.54, 1.807) is 4.90 Å². The Morgan fingerprint density at radius 2 is 2.00 bits per heavy atom. The molecule has 1 unspecified atom stereocenters. The van der Waals surface area contributed by atoms with E-state index in [2.05, 4.69) is 53.6 Å². The van der Waals surface area contributed by atoms with Crippen LogP contribution < -0.4 is 10.6 Å². The fourth-order valence-corrected chi connectivity index (χ4v) is 4.22. The smallest absolute Gasteiger partial charge is 0.409 e. The third-order valence-corrected chi connectivity index (χ3v) is 5.85. The van der Waals surface area contributed by atoms with Crippen molar-refractivity contribution < 1.29 is 14.3 Å². The Balaban J connectivity index is 1.52. The van der Waals surface area contributed by atoms with Crippen LogP contribution in [0.15, 0.2) is 29.3 Å². The number of guanidine groups is 1. The molecule has 0 radical (unpaired) electrons. The van der Waals surface area contributed by atoms with Gasteiger partial charge in [0.2, 0.25) is 0 Å². The van der Waals surface area contributed by atoms with Gasteiger partial charge < -0.3 is 25.0 Å². The van der Waals surface area contributed by atoms with E-state index in [9.17, 15) is 4.79 Å². The van der Waals surface area contributed by atoms with Crippen molar-refractivity contribution in [2.24, 2.45) is 4.99 Å². The lowest BCUT2D eigenvalue weighted by molar-refractivity contribution is -0.0212. The summed E-state index contributed by atoms with van der Waals surface area (Å²) >= 11 is 0. The number of amides is 1. The Bertz CT molecular complexity index is 749. The first-order valence-corrected chi connectivity index (χ1v) is 12.0. The molecular weight excluding hydrogens is 406 g/mol. The summed E-state index contributed by atoms with van der Waals surface area (Å²) in [6.45, 7) is 13.0. The van der Waals surface area contributed by atoms with Crippen LogP contribution in [0.4, 0.5) is 4.79 Å². The maximum atomic E-state index is 11.9. The number of benzene rings is 1. The first kappa shape index (κ1) is 24.3. The number of nitrogens with one attached hydrogen (secondary N) is 2. The second-order valence-electron chi connectivity index (χ2n) is 8.54. The molecule has 1 atom stereocenters. The van der Waals surface area contributed by atoms with E-state index >= 15 is 0 Å². The Labute approximate surface area is 192 Å². The lowest BCUT2D eigenvalue weighted by atomic mass is 10.1. The Hall–Kier alpha value is -2.32. The molecule has 2 N–H and O–H groups in total. The van der Waals surface area contributed by atoms with Crippen molar-refractivity contribution >= 4 is 12.1 Å². The maximum Gasteiger partial charge on any atom is 0.409 e. The predicted molar refractivity (Wildman–Crippen MR) is 127 cm³/mol. The van der Waals surface area contributed by atoms with E-state index in [1.807, 2.05) is 6.92 Å². The molecule has 2 fully saturated rings. The van der Waals surface area contributed by atoms with Gasteiger partial charge in [-0.2, -0.15) is 0 Å². The average Bonchev–Trinajstić information content (AvgIpc) is 2.78. The summed E-state index contributed by atoms with van der Waals surface area (Å²) in [6, 6.07) is 9.00. The van der Waals surface area contributed by atoms with E-state index in [4.69, 9.17) is 14.5 Å². The summed E-state index contributed by atoms with van der Waals surface area (Å²) in [6.07, 6.45) is 1.86. The van der Waals surface area contributed by atoms with Crippen LogP contribution in [0.5, 0.6) is 0 Å². The van der Waals surface area contributed by atoms with Crippen molar-refractivity contribution in [1.82, 2.24) is 20.4 Å². The molecule has 0 saturated carbocycles. The van der Waals surface area contributed by atoms with Gasteiger partial charge >= 0.3 is 6.09 Å². The van der Waals surface area contributed by atoms with E-state index in [0.717, 1.165) is 51.6 Å². The van der Waals surface area contributed by atoms with Gasteiger partial charge in [0.25, 0.3) is 0 Å². The van der Waals surface area contributed by atoms with Crippen molar-refractivity contribution in [3.05, 3.63) is 35.4 Å². The van der Waals surface area contributed by atoms with Crippen LogP contribution >= 0.6 is 0 Å². The van der Waals surface area contributed by atoms with Gasteiger partial charge in [-0.05, 0) is 44.7 Å². The highest BCUT2D eigenvalue weighted by Gasteiger charge is 2.24.